The molecule has 84 valence electrons. The summed E-state index contributed by atoms with van der Waals surface area (Å²) < 4.78 is 0. The van der Waals surface area contributed by atoms with Crippen LogP contribution < -0.4 is 5.30 Å². The lowest BCUT2D eigenvalue weighted by Crippen LogP contribution is -2.01. The molecule has 0 radical (unpaired) electrons. The first kappa shape index (κ1) is 12.9. The van der Waals surface area contributed by atoms with E-state index in [1.54, 1.807) is 6.08 Å². The number of allylic oxidation sites excluding steroid dienone is 5. The first-order chi connectivity index (χ1) is 7.79. The van der Waals surface area contributed by atoms with Crippen molar-refractivity contribution in [3.63, 3.8) is 0 Å². The van der Waals surface area contributed by atoms with Gasteiger partial charge in [-0.05, 0) is 29.5 Å². The molecule has 1 aromatic carbocycles. The van der Waals surface area contributed by atoms with Crippen molar-refractivity contribution in [1.29, 1.82) is 0 Å². The molecule has 1 heteroatoms. The molecule has 0 spiro atoms. The lowest BCUT2D eigenvalue weighted by Gasteiger charge is -2.08. The molecule has 0 N–H and O–H groups in total. The topological polar surface area (TPSA) is 0 Å². The van der Waals surface area contributed by atoms with Crippen LogP contribution in [-0.2, 0) is 0 Å². The Hall–Kier alpha value is -1.13. The van der Waals surface area contributed by atoms with Gasteiger partial charge >= 0.3 is 0 Å². The van der Waals surface area contributed by atoms with Crippen molar-refractivity contribution in [2.24, 2.45) is 0 Å². The Morgan fingerprint density at radius 2 is 2.06 bits per heavy atom. The van der Waals surface area contributed by atoms with E-state index in [2.05, 4.69) is 50.8 Å². The minimum Gasteiger partial charge on any atom is -0.0991 e. The Bertz CT molecular complexity index is 400. The van der Waals surface area contributed by atoms with Gasteiger partial charge in [0.05, 0.1) is 0 Å². The Morgan fingerprint density at radius 3 is 2.75 bits per heavy atom. The highest BCUT2D eigenvalue weighted by Crippen LogP contribution is 2.19. The number of hydrogen-bond donors (Lipinski definition) is 0. The van der Waals surface area contributed by atoms with Crippen molar-refractivity contribution in [1.82, 2.24) is 0 Å². The van der Waals surface area contributed by atoms with Crippen LogP contribution in [0.2, 0.25) is 0 Å². The van der Waals surface area contributed by atoms with Crippen LogP contribution in [-0.4, -0.2) is 6.16 Å². The molecule has 16 heavy (non-hydrogen) atoms. The molecule has 0 aromatic heterocycles. The molecule has 0 bridgehead atoms. The van der Waals surface area contributed by atoms with Gasteiger partial charge in [-0.15, -0.1) is 0 Å². The van der Waals surface area contributed by atoms with Crippen LogP contribution in [0.15, 0.2) is 55.1 Å². The zero-order valence-electron chi connectivity index (χ0n) is 10.0. The second-order valence-electron chi connectivity index (χ2n) is 3.55. The van der Waals surface area contributed by atoms with Crippen molar-refractivity contribution in [2.45, 2.75) is 13.8 Å². The third-order valence-corrected chi connectivity index (χ3v) is 3.48. The normalized spacial score (nSPS) is 12.8. The second-order valence-corrected chi connectivity index (χ2v) is 5.15. The van der Waals surface area contributed by atoms with E-state index in [-0.39, 0.29) is 0 Å². The highest BCUT2D eigenvalue weighted by molar-refractivity contribution is 7.47. The molecule has 0 aliphatic carbocycles. The minimum absolute atomic E-state index is 0.899. The average Bonchev–Trinajstić information content (AvgIpc) is 2.30. The third-order valence-electron chi connectivity index (χ3n) is 2.31. The van der Waals surface area contributed by atoms with Gasteiger partial charge in [0, 0.05) is 0 Å². The van der Waals surface area contributed by atoms with Gasteiger partial charge < -0.3 is 0 Å². The summed E-state index contributed by atoms with van der Waals surface area (Å²) in [5.41, 5.74) is 2.69. The summed E-state index contributed by atoms with van der Waals surface area (Å²) in [6, 6.07) is 8.65. The average molecular weight is 230 g/mol. The monoisotopic (exact) mass is 230 g/mol. The molecule has 0 saturated carbocycles. The van der Waals surface area contributed by atoms with Gasteiger partial charge in [-0.1, -0.05) is 70.7 Å². The molecule has 0 aliphatic rings. The fourth-order valence-electron chi connectivity index (χ4n) is 1.54. The van der Waals surface area contributed by atoms with E-state index in [0.29, 0.717) is 0 Å². The van der Waals surface area contributed by atoms with E-state index in [9.17, 15) is 0 Å². The maximum atomic E-state index is 3.66. The van der Waals surface area contributed by atoms with Gasteiger partial charge in [0.25, 0.3) is 0 Å². The Morgan fingerprint density at radius 1 is 1.31 bits per heavy atom. The molecule has 0 amide bonds. The van der Waals surface area contributed by atoms with Crippen molar-refractivity contribution in [3.8, 4) is 0 Å². The Kier molecular flexibility index (Phi) is 5.82. The SMILES string of the molecule is C=C/C=C\C=C(/C)c1ccccc1PCC. The lowest BCUT2D eigenvalue weighted by atomic mass is 10.1. The summed E-state index contributed by atoms with van der Waals surface area (Å²) in [7, 11) is 0.899. The highest BCUT2D eigenvalue weighted by atomic mass is 31.1. The van der Waals surface area contributed by atoms with Gasteiger partial charge in [0.1, 0.15) is 0 Å². The highest BCUT2D eigenvalue weighted by Gasteiger charge is 2.01. The molecule has 0 nitrogen and oxygen atoms in total. The second kappa shape index (κ2) is 7.19. The quantitative estimate of drug-likeness (QED) is 0.526. The first-order valence-electron chi connectivity index (χ1n) is 5.58. The summed E-state index contributed by atoms with van der Waals surface area (Å²) in [6.07, 6.45) is 9.14. The van der Waals surface area contributed by atoms with E-state index >= 15 is 0 Å². The molecule has 1 unspecified atom stereocenters. The van der Waals surface area contributed by atoms with E-state index in [0.717, 1.165) is 8.58 Å². The molecular weight excluding hydrogens is 211 g/mol. The fraction of sp³-hybridized carbons (Fsp3) is 0.200. The van der Waals surface area contributed by atoms with Crippen LogP contribution in [0.1, 0.15) is 19.4 Å². The summed E-state index contributed by atoms with van der Waals surface area (Å²) in [5, 5.41) is 1.46. The summed E-state index contributed by atoms with van der Waals surface area (Å²) in [6.45, 7) is 8.05. The van der Waals surface area contributed by atoms with Gasteiger partial charge in [-0.2, -0.15) is 0 Å². The van der Waals surface area contributed by atoms with Crippen LogP contribution in [0.5, 0.6) is 0 Å². The smallest absolute Gasteiger partial charge is 0.0153 e. The van der Waals surface area contributed by atoms with Crippen LogP contribution >= 0.6 is 8.58 Å². The molecule has 1 rings (SSSR count). The largest absolute Gasteiger partial charge is 0.0991 e. The van der Waals surface area contributed by atoms with Crippen molar-refractivity contribution < 1.29 is 0 Å². The molecule has 1 aromatic rings. The van der Waals surface area contributed by atoms with Crippen molar-refractivity contribution >= 4 is 19.5 Å². The van der Waals surface area contributed by atoms with Gasteiger partial charge in [0.2, 0.25) is 0 Å². The third kappa shape index (κ3) is 3.79. The lowest BCUT2D eigenvalue weighted by molar-refractivity contribution is 1.52. The van der Waals surface area contributed by atoms with Crippen molar-refractivity contribution in [3.05, 3.63) is 60.7 Å². The van der Waals surface area contributed by atoms with E-state index < -0.39 is 0 Å². The molecule has 0 fully saturated rings. The van der Waals surface area contributed by atoms with E-state index in [1.165, 1.54) is 22.6 Å². The number of rotatable bonds is 5. The van der Waals surface area contributed by atoms with Gasteiger partial charge in [-0.3, -0.25) is 0 Å². The van der Waals surface area contributed by atoms with E-state index in [1.807, 2.05) is 12.2 Å². The number of benzene rings is 1. The Balaban J connectivity index is 2.97. The molecule has 0 aliphatic heterocycles. The van der Waals surface area contributed by atoms with Crippen molar-refractivity contribution in [2.75, 3.05) is 6.16 Å². The summed E-state index contributed by atoms with van der Waals surface area (Å²) >= 11 is 0. The predicted octanol–water partition coefficient (Wildman–Crippen LogP) is 4.16. The van der Waals surface area contributed by atoms with Gasteiger partial charge in [0.15, 0.2) is 0 Å². The molecular formula is C15H19P. The first-order valence-corrected chi connectivity index (χ1v) is 6.79. The maximum absolute atomic E-state index is 3.66. The van der Waals surface area contributed by atoms with Crippen LogP contribution in [0, 0.1) is 0 Å². The van der Waals surface area contributed by atoms with E-state index in [4.69, 9.17) is 0 Å². The zero-order valence-corrected chi connectivity index (χ0v) is 11.0. The zero-order chi connectivity index (χ0) is 11.8. The number of hydrogen-bond acceptors (Lipinski definition) is 0. The predicted molar refractivity (Wildman–Crippen MR) is 77.9 cm³/mol. The summed E-state index contributed by atoms with van der Waals surface area (Å²) in [5.74, 6) is 0. The van der Waals surface area contributed by atoms with Gasteiger partial charge in [-0.25, -0.2) is 0 Å². The molecule has 0 saturated heterocycles. The van der Waals surface area contributed by atoms with Crippen LogP contribution in [0.25, 0.3) is 5.57 Å². The Labute approximate surface area is 101 Å². The van der Waals surface area contributed by atoms with Crippen LogP contribution in [0.4, 0.5) is 0 Å². The minimum atomic E-state index is 0.899. The molecule has 0 heterocycles. The summed E-state index contributed by atoms with van der Waals surface area (Å²) in [4.78, 5) is 0. The standard InChI is InChI=1S/C15H19P/c1-4-6-7-10-13(3)14-11-8-9-12-15(14)16-5-2/h4,6-12,16H,1,5H2,2-3H3/b7-6-,13-10+. The van der Waals surface area contributed by atoms with Crippen LogP contribution in [0.3, 0.4) is 0 Å². The molecule has 1 atom stereocenters. The fourth-order valence-corrected chi connectivity index (χ4v) is 2.61. The maximum Gasteiger partial charge on any atom is -0.0153 e.